The molecule has 21 heavy (non-hydrogen) atoms. The van der Waals surface area contributed by atoms with Crippen LogP contribution in [0.5, 0.6) is 5.75 Å². The van der Waals surface area contributed by atoms with Crippen LogP contribution in [0, 0.1) is 5.92 Å². The molecule has 2 rings (SSSR count). The third-order valence-electron chi connectivity index (χ3n) is 3.85. The van der Waals surface area contributed by atoms with Crippen molar-refractivity contribution in [2.75, 3.05) is 31.1 Å². The topological polar surface area (TPSA) is 69.8 Å². The molecule has 0 radical (unpaired) electrons. The number of aromatic hydroxyl groups is 1. The SMILES string of the molecule is CC(C)C[C@@H](N)C(=O)N1CCN(c2ccc(O)cc2)CC1. The largest absolute Gasteiger partial charge is 0.508 e. The van der Waals surface area contributed by atoms with E-state index in [0.717, 1.165) is 25.2 Å². The molecule has 0 spiro atoms. The van der Waals surface area contributed by atoms with E-state index in [9.17, 15) is 9.90 Å². The number of carbonyl (C=O) groups excluding carboxylic acids is 1. The van der Waals surface area contributed by atoms with E-state index in [4.69, 9.17) is 5.73 Å². The minimum atomic E-state index is -0.384. The summed E-state index contributed by atoms with van der Waals surface area (Å²) in [5.41, 5.74) is 7.05. The number of amides is 1. The standard InChI is InChI=1S/C16H25N3O2/c1-12(2)11-15(17)16(21)19-9-7-18(8-10-19)13-3-5-14(20)6-4-13/h3-6,12,15,20H,7-11,17H2,1-2H3/t15-/m1/s1. The number of benzene rings is 1. The maximum absolute atomic E-state index is 12.3. The lowest BCUT2D eigenvalue weighted by Crippen LogP contribution is -2.53. The lowest BCUT2D eigenvalue weighted by atomic mass is 10.0. The maximum atomic E-state index is 12.3. The maximum Gasteiger partial charge on any atom is 0.239 e. The third-order valence-corrected chi connectivity index (χ3v) is 3.85. The molecule has 1 saturated heterocycles. The summed E-state index contributed by atoms with van der Waals surface area (Å²) in [6, 6.07) is 6.79. The van der Waals surface area contributed by atoms with Crippen molar-refractivity contribution in [2.45, 2.75) is 26.3 Å². The molecule has 0 aliphatic carbocycles. The van der Waals surface area contributed by atoms with Crippen LogP contribution in [-0.4, -0.2) is 48.1 Å². The molecule has 3 N–H and O–H groups in total. The van der Waals surface area contributed by atoms with E-state index in [1.165, 1.54) is 0 Å². The number of hydrogen-bond acceptors (Lipinski definition) is 4. The van der Waals surface area contributed by atoms with Gasteiger partial charge in [-0.25, -0.2) is 0 Å². The summed E-state index contributed by atoms with van der Waals surface area (Å²) < 4.78 is 0. The number of rotatable bonds is 4. The molecule has 1 aromatic rings. The van der Waals surface area contributed by atoms with Crippen LogP contribution < -0.4 is 10.6 Å². The number of anilines is 1. The van der Waals surface area contributed by atoms with E-state index < -0.39 is 0 Å². The van der Waals surface area contributed by atoms with Crippen molar-refractivity contribution in [1.29, 1.82) is 0 Å². The second kappa shape index (κ2) is 6.80. The fraction of sp³-hybridized carbons (Fsp3) is 0.562. The van der Waals surface area contributed by atoms with Crippen molar-refractivity contribution in [2.24, 2.45) is 11.7 Å². The van der Waals surface area contributed by atoms with Gasteiger partial charge in [-0.2, -0.15) is 0 Å². The quantitative estimate of drug-likeness (QED) is 0.880. The first-order chi connectivity index (χ1) is 9.97. The van der Waals surface area contributed by atoms with Crippen molar-refractivity contribution in [3.8, 4) is 5.75 Å². The van der Waals surface area contributed by atoms with Crippen LogP contribution in [0.1, 0.15) is 20.3 Å². The number of hydrogen-bond donors (Lipinski definition) is 2. The van der Waals surface area contributed by atoms with E-state index >= 15 is 0 Å². The highest BCUT2D eigenvalue weighted by Crippen LogP contribution is 2.20. The lowest BCUT2D eigenvalue weighted by Gasteiger charge is -2.37. The van der Waals surface area contributed by atoms with Gasteiger partial charge in [0.1, 0.15) is 5.75 Å². The minimum Gasteiger partial charge on any atom is -0.508 e. The number of piperazine rings is 1. The van der Waals surface area contributed by atoms with E-state index in [-0.39, 0.29) is 17.7 Å². The molecule has 0 bridgehead atoms. The number of nitrogens with two attached hydrogens (primary N) is 1. The zero-order chi connectivity index (χ0) is 15.4. The number of phenolic OH excluding ortho intramolecular Hbond substituents is 1. The number of carbonyl (C=O) groups is 1. The normalized spacial score (nSPS) is 17.1. The minimum absolute atomic E-state index is 0.0639. The Labute approximate surface area is 126 Å². The second-order valence-electron chi connectivity index (χ2n) is 6.06. The summed E-state index contributed by atoms with van der Waals surface area (Å²) in [4.78, 5) is 16.4. The molecule has 0 unspecified atom stereocenters. The Kier molecular flexibility index (Phi) is 5.07. The summed E-state index contributed by atoms with van der Waals surface area (Å²) in [6.45, 7) is 7.15. The molecule has 1 aliphatic heterocycles. The molecule has 1 atom stereocenters. The zero-order valence-corrected chi connectivity index (χ0v) is 12.8. The Hall–Kier alpha value is -1.75. The Bertz CT molecular complexity index is 465. The Morgan fingerprint density at radius 3 is 2.29 bits per heavy atom. The van der Waals surface area contributed by atoms with Crippen molar-refractivity contribution >= 4 is 11.6 Å². The molecule has 116 valence electrons. The molecular weight excluding hydrogens is 266 g/mol. The fourth-order valence-corrected chi connectivity index (χ4v) is 2.69. The van der Waals surface area contributed by atoms with Crippen molar-refractivity contribution < 1.29 is 9.90 Å². The molecule has 5 heteroatoms. The molecule has 0 aromatic heterocycles. The van der Waals surface area contributed by atoms with Gasteiger partial charge in [-0.1, -0.05) is 13.8 Å². The molecule has 1 aromatic carbocycles. The summed E-state index contributed by atoms with van der Waals surface area (Å²) >= 11 is 0. The van der Waals surface area contributed by atoms with Crippen LogP contribution in [0.4, 0.5) is 5.69 Å². The smallest absolute Gasteiger partial charge is 0.239 e. The van der Waals surface area contributed by atoms with E-state index in [1.54, 1.807) is 12.1 Å². The fourth-order valence-electron chi connectivity index (χ4n) is 2.69. The van der Waals surface area contributed by atoms with E-state index in [2.05, 4.69) is 18.7 Å². The molecule has 1 heterocycles. The Morgan fingerprint density at radius 1 is 1.19 bits per heavy atom. The molecule has 0 saturated carbocycles. The Balaban J connectivity index is 1.88. The highest BCUT2D eigenvalue weighted by molar-refractivity contribution is 5.82. The van der Waals surface area contributed by atoms with Gasteiger partial charge in [-0.15, -0.1) is 0 Å². The van der Waals surface area contributed by atoms with E-state index in [1.807, 2.05) is 17.0 Å². The highest BCUT2D eigenvalue weighted by atomic mass is 16.3. The average Bonchev–Trinajstić information content (AvgIpc) is 2.47. The highest BCUT2D eigenvalue weighted by Gasteiger charge is 2.25. The first kappa shape index (κ1) is 15.6. The van der Waals surface area contributed by atoms with Gasteiger partial charge >= 0.3 is 0 Å². The predicted molar refractivity (Wildman–Crippen MR) is 84.3 cm³/mol. The number of phenols is 1. The van der Waals surface area contributed by atoms with Gasteiger partial charge in [0, 0.05) is 31.9 Å². The van der Waals surface area contributed by atoms with Crippen LogP contribution in [0.15, 0.2) is 24.3 Å². The monoisotopic (exact) mass is 291 g/mol. The molecule has 5 nitrogen and oxygen atoms in total. The molecule has 1 aliphatic rings. The van der Waals surface area contributed by atoms with Crippen LogP contribution >= 0.6 is 0 Å². The number of nitrogens with zero attached hydrogens (tertiary/aromatic N) is 2. The first-order valence-electron chi connectivity index (χ1n) is 7.55. The van der Waals surface area contributed by atoms with Gasteiger partial charge in [0.15, 0.2) is 0 Å². The van der Waals surface area contributed by atoms with Gasteiger partial charge < -0.3 is 20.6 Å². The van der Waals surface area contributed by atoms with Crippen molar-refractivity contribution in [3.05, 3.63) is 24.3 Å². The summed E-state index contributed by atoms with van der Waals surface area (Å²) in [5, 5.41) is 9.32. The second-order valence-corrected chi connectivity index (χ2v) is 6.06. The van der Waals surface area contributed by atoms with Crippen molar-refractivity contribution in [3.63, 3.8) is 0 Å². The first-order valence-corrected chi connectivity index (χ1v) is 7.55. The van der Waals surface area contributed by atoms with E-state index in [0.29, 0.717) is 19.0 Å². The summed E-state index contributed by atoms with van der Waals surface area (Å²) in [6.07, 6.45) is 0.733. The van der Waals surface area contributed by atoms with Crippen LogP contribution in [-0.2, 0) is 4.79 Å². The average molecular weight is 291 g/mol. The van der Waals surface area contributed by atoms with Gasteiger partial charge in [0.05, 0.1) is 6.04 Å². The van der Waals surface area contributed by atoms with Crippen LogP contribution in [0.25, 0.3) is 0 Å². The Morgan fingerprint density at radius 2 is 1.76 bits per heavy atom. The van der Waals surface area contributed by atoms with Crippen LogP contribution in [0.2, 0.25) is 0 Å². The predicted octanol–water partition coefficient (Wildman–Crippen LogP) is 1.41. The van der Waals surface area contributed by atoms with Gasteiger partial charge in [0.25, 0.3) is 0 Å². The lowest BCUT2D eigenvalue weighted by molar-refractivity contribution is -0.133. The van der Waals surface area contributed by atoms with Gasteiger partial charge in [-0.3, -0.25) is 4.79 Å². The van der Waals surface area contributed by atoms with Gasteiger partial charge in [0.2, 0.25) is 5.91 Å². The van der Waals surface area contributed by atoms with Gasteiger partial charge in [-0.05, 0) is 36.6 Å². The van der Waals surface area contributed by atoms with Crippen molar-refractivity contribution in [1.82, 2.24) is 4.90 Å². The molecular formula is C16H25N3O2. The molecule has 1 amide bonds. The third kappa shape index (κ3) is 4.11. The summed E-state index contributed by atoms with van der Waals surface area (Å²) in [7, 11) is 0. The summed E-state index contributed by atoms with van der Waals surface area (Å²) in [5.74, 6) is 0.767. The van der Waals surface area contributed by atoms with Crippen LogP contribution in [0.3, 0.4) is 0 Å². The zero-order valence-electron chi connectivity index (χ0n) is 12.8. The molecule has 1 fully saturated rings.